The smallest absolute Gasteiger partial charge is 0.0709 e. The minimum absolute atomic E-state index is 0.918. The van der Waals surface area contributed by atoms with Gasteiger partial charge in [0.25, 0.3) is 0 Å². The lowest BCUT2D eigenvalue weighted by Gasteiger charge is -2.29. The highest BCUT2D eigenvalue weighted by molar-refractivity contribution is 5.87. The molecular formula is C48H38N4. The number of hydrogen-bond donors (Lipinski definition) is 0. The molecule has 0 atom stereocenters. The fraction of sp³-hybridized carbons (Fsp3) is 0.0625. The predicted octanol–water partition coefficient (Wildman–Crippen LogP) is 12.6. The topological polar surface area (TPSA) is 41.9 Å². The lowest BCUT2D eigenvalue weighted by Crippen LogP contribution is -2.14. The Labute approximate surface area is 305 Å². The molecule has 0 aliphatic carbocycles. The normalized spacial score (nSPS) is 11.0. The Morgan fingerprint density at radius 2 is 1.02 bits per heavy atom. The van der Waals surface area contributed by atoms with Crippen LogP contribution in [0.4, 0.5) is 17.1 Å². The molecule has 0 saturated carbocycles. The summed E-state index contributed by atoms with van der Waals surface area (Å²) < 4.78 is 0. The van der Waals surface area contributed by atoms with Crippen LogP contribution in [0.1, 0.15) is 16.8 Å². The third-order valence-corrected chi connectivity index (χ3v) is 9.58. The van der Waals surface area contributed by atoms with Gasteiger partial charge in [0.15, 0.2) is 0 Å². The van der Waals surface area contributed by atoms with E-state index in [4.69, 9.17) is 15.0 Å². The van der Waals surface area contributed by atoms with Crippen LogP contribution in [0.3, 0.4) is 0 Å². The van der Waals surface area contributed by atoms with Crippen molar-refractivity contribution in [3.63, 3.8) is 0 Å². The molecule has 0 aliphatic rings. The van der Waals surface area contributed by atoms with Crippen LogP contribution in [0.25, 0.3) is 55.9 Å². The highest BCUT2D eigenvalue weighted by Crippen LogP contribution is 2.42. The standard InChI is InChI=1S/C48H38N4/c1-33-24-26-49-35(3)48(33)52(44-29-41(37-15-8-5-9-16-37)27-42(30-44)46-19-10-11-25-50-46)43-18-12-17-40(28-43)47-31-45(34(2)32-51-47)39-22-20-38(21-23-39)36-13-6-4-7-14-36/h4-32H,1-3H3. The molecule has 0 saturated heterocycles. The molecule has 4 heteroatoms. The predicted molar refractivity (Wildman–Crippen MR) is 216 cm³/mol. The number of benzene rings is 5. The minimum Gasteiger partial charge on any atom is -0.308 e. The molecule has 52 heavy (non-hydrogen) atoms. The first-order chi connectivity index (χ1) is 25.5. The lowest BCUT2D eigenvalue weighted by atomic mass is 9.96. The van der Waals surface area contributed by atoms with Crippen molar-refractivity contribution in [1.29, 1.82) is 0 Å². The summed E-state index contributed by atoms with van der Waals surface area (Å²) in [7, 11) is 0. The zero-order valence-electron chi connectivity index (χ0n) is 29.5. The quantitative estimate of drug-likeness (QED) is 0.161. The Balaban J connectivity index is 1.26. The number of anilines is 3. The molecule has 5 aromatic carbocycles. The zero-order chi connectivity index (χ0) is 35.4. The monoisotopic (exact) mass is 670 g/mol. The highest BCUT2D eigenvalue weighted by Gasteiger charge is 2.21. The average molecular weight is 671 g/mol. The molecular weight excluding hydrogens is 633 g/mol. The average Bonchev–Trinajstić information content (AvgIpc) is 3.20. The van der Waals surface area contributed by atoms with Crippen LogP contribution < -0.4 is 4.90 Å². The van der Waals surface area contributed by atoms with E-state index in [1.807, 2.05) is 36.8 Å². The van der Waals surface area contributed by atoms with Gasteiger partial charge in [-0.2, -0.15) is 0 Å². The third kappa shape index (κ3) is 6.62. The van der Waals surface area contributed by atoms with Crippen molar-refractivity contribution in [3.05, 3.63) is 193 Å². The van der Waals surface area contributed by atoms with Gasteiger partial charge in [0.2, 0.25) is 0 Å². The summed E-state index contributed by atoms with van der Waals surface area (Å²) in [6, 6.07) is 55.6. The van der Waals surface area contributed by atoms with Crippen LogP contribution >= 0.6 is 0 Å². The van der Waals surface area contributed by atoms with Gasteiger partial charge in [-0.05, 0) is 120 Å². The summed E-state index contributed by atoms with van der Waals surface area (Å²) in [4.78, 5) is 16.8. The fourth-order valence-corrected chi connectivity index (χ4v) is 6.92. The van der Waals surface area contributed by atoms with Gasteiger partial charge in [0.05, 0.1) is 22.8 Å². The van der Waals surface area contributed by atoms with Crippen molar-refractivity contribution in [3.8, 4) is 55.9 Å². The summed E-state index contributed by atoms with van der Waals surface area (Å²) in [5.41, 5.74) is 17.2. The van der Waals surface area contributed by atoms with E-state index >= 15 is 0 Å². The number of aryl methyl sites for hydroxylation is 3. The molecule has 0 unspecified atom stereocenters. The summed E-state index contributed by atoms with van der Waals surface area (Å²) in [5.74, 6) is 0. The Morgan fingerprint density at radius 1 is 0.385 bits per heavy atom. The number of hydrogen-bond acceptors (Lipinski definition) is 4. The Kier molecular flexibility index (Phi) is 8.95. The van der Waals surface area contributed by atoms with Gasteiger partial charge in [-0.1, -0.05) is 103 Å². The van der Waals surface area contributed by atoms with E-state index in [-0.39, 0.29) is 0 Å². The maximum absolute atomic E-state index is 4.95. The van der Waals surface area contributed by atoms with Gasteiger partial charge in [-0.15, -0.1) is 0 Å². The first-order valence-corrected chi connectivity index (χ1v) is 17.6. The maximum atomic E-state index is 4.95. The molecule has 0 radical (unpaired) electrons. The molecule has 3 heterocycles. The second kappa shape index (κ2) is 14.3. The van der Waals surface area contributed by atoms with E-state index in [1.165, 1.54) is 22.3 Å². The molecule has 0 amide bonds. The molecule has 3 aromatic heterocycles. The largest absolute Gasteiger partial charge is 0.308 e. The first kappa shape index (κ1) is 32.5. The van der Waals surface area contributed by atoms with Gasteiger partial charge in [0, 0.05) is 41.1 Å². The van der Waals surface area contributed by atoms with Crippen molar-refractivity contribution in [2.75, 3.05) is 4.90 Å². The lowest BCUT2D eigenvalue weighted by molar-refractivity contribution is 1.12. The van der Waals surface area contributed by atoms with Crippen molar-refractivity contribution in [1.82, 2.24) is 15.0 Å². The molecule has 8 aromatic rings. The molecule has 0 aliphatic heterocycles. The molecule has 0 spiro atoms. The van der Waals surface area contributed by atoms with Crippen molar-refractivity contribution in [2.24, 2.45) is 0 Å². The van der Waals surface area contributed by atoms with E-state index in [0.717, 1.165) is 67.5 Å². The van der Waals surface area contributed by atoms with Crippen LogP contribution in [0.2, 0.25) is 0 Å². The number of aromatic nitrogens is 3. The molecule has 8 rings (SSSR count). The van der Waals surface area contributed by atoms with Crippen LogP contribution in [0.15, 0.2) is 176 Å². The summed E-state index contributed by atoms with van der Waals surface area (Å²) in [6.07, 6.45) is 5.71. The van der Waals surface area contributed by atoms with Gasteiger partial charge in [-0.25, -0.2) is 0 Å². The summed E-state index contributed by atoms with van der Waals surface area (Å²) in [5, 5.41) is 0. The van der Waals surface area contributed by atoms with E-state index in [2.05, 4.69) is 165 Å². The molecule has 250 valence electrons. The second-order valence-electron chi connectivity index (χ2n) is 13.1. The van der Waals surface area contributed by atoms with E-state index in [9.17, 15) is 0 Å². The van der Waals surface area contributed by atoms with Crippen LogP contribution in [-0.4, -0.2) is 15.0 Å². The number of nitrogens with zero attached hydrogens (tertiary/aromatic N) is 4. The van der Waals surface area contributed by atoms with Crippen LogP contribution in [0.5, 0.6) is 0 Å². The van der Waals surface area contributed by atoms with Crippen LogP contribution in [0, 0.1) is 20.8 Å². The number of pyridine rings is 3. The van der Waals surface area contributed by atoms with E-state index < -0.39 is 0 Å². The molecule has 0 bridgehead atoms. The van der Waals surface area contributed by atoms with Gasteiger partial charge in [0.1, 0.15) is 0 Å². The Morgan fingerprint density at radius 3 is 1.73 bits per heavy atom. The summed E-state index contributed by atoms with van der Waals surface area (Å²) >= 11 is 0. The van der Waals surface area contributed by atoms with Crippen molar-refractivity contribution in [2.45, 2.75) is 20.8 Å². The zero-order valence-corrected chi connectivity index (χ0v) is 29.5. The third-order valence-electron chi connectivity index (χ3n) is 9.58. The van der Waals surface area contributed by atoms with Gasteiger partial charge in [-0.3, -0.25) is 15.0 Å². The Hall–Kier alpha value is -6.65. The van der Waals surface area contributed by atoms with E-state index in [1.54, 1.807) is 0 Å². The number of rotatable bonds is 8. The van der Waals surface area contributed by atoms with Gasteiger partial charge < -0.3 is 4.90 Å². The second-order valence-corrected chi connectivity index (χ2v) is 13.1. The maximum Gasteiger partial charge on any atom is 0.0709 e. The fourth-order valence-electron chi connectivity index (χ4n) is 6.92. The van der Waals surface area contributed by atoms with Crippen molar-refractivity contribution >= 4 is 17.1 Å². The van der Waals surface area contributed by atoms with Crippen LogP contribution in [-0.2, 0) is 0 Å². The minimum atomic E-state index is 0.918. The van der Waals surface area contributed by atoms with E-state index in [0.29, 0.717) is 0 Å². The Bertz CT molecular complexity index is 2400. The van der Waals surface area contributed by atoms with Gasteiger partial charge >= 0.3 is 0 Å². The molecule has 0 fully saturated rings. The first-order valence-electron chi connectivity index (χ1n) is 17.6. The SMILES string of the molecule is Cc1cnc(-c2cccc(N(c3cc(-c4ccccc4)cc(-c4ccccn4)c3)c3c(C)ccnc3C)c2)cc1-c1ccc(-c2ccccc2)cc1. The molecule has 4 nitrogen and oxygen atoms in total. The summed E-state index contributed by atoms with van der Waals surface area (Å²) in [6.45, 7) is 6.36. The highest BCUT2D eigenvalue weighted by atomic mass is 15.2. The van der Waals surface area contributed by atoms with Crippen molar-refractivity contribution < 1.29 is 0 Å². The molecule has 0 N–H and O–H groups in total.